The Hall–Kier alpha value is -2.53. The first kappa shape index (κ1) is 18.8. The molecule has 0 saturated carbocycles. The van der Waals surface area contributed by atoms with Crippen LogP contribution < -0.4 is 0 Å². The molecule has 0 bridgehead atoms. The third-order valence-electron chi connectivity index (χ3n) is 5.60. The van der Waals surface area contributed by atoms with Crippen LogP contribution in [0, 0.1) is 5.92 Å². The van der Waals surface area contributed by atoms with Crippen LogP contribution in [0.25, 0.3) is 0 Å². The van der Waals surface area contributed by atoms with Crippen molar-refractivity contribution in [2.45, 2.75) is 38.5 Å². The lowest BCUT2D eigenvalue weighted by molar-refractivity contribution is -0.146. The van der Waals surface area contributed by atoms with E-state index in [9.17, 15) is 9.59 Å². The molecule has 0 amide bonds. The molecule has 4 nitrogen and oxygen atoms in total. The van der Waals surface area contributed by atoms with Gasteiger partial charge < -0.3 is 4.74 Å². The van der Waals surface area contributed by atoms with Gasteiger partial charge in [-0.05, 0) is 54.1 Å². The molecule has 0 radical (unpaired) electrons. The maximum Gasteiger partial charge on any atom is 0.315 e. The number of carbonyl (C=O) groups is 2. The molecular weight excluding hydrogens is 370 g/mol. The van der Waals surface area contributed by atoms with Gasteiger partial charge in [0.25, 0.3) is 0 Å². The summed E-state index contributed by atoms with van der Waals surface area (Å²) in [4.78, 5) is 30.8. The zero-order chi connectivity index (χ0) is 19.7. The second-order valence-corrected chi connectivity index (χ2v) is 8.10. The van der Waals surface area contributed by atoms with Gasteiger partial charge in [-0.2, -0.15) is 11.3 Å². The van der Waals surface area contributed by atoms with E-state index in [-0.39, 0.29) is 23.6 Å². The minimum atomic E-state index is -0.537. The van der Waals surface area contributed by atoms with Crippen molar-refractivity contribution in [2.24, 2.45) is 10.9 Å². The van der Waals surface area contributed by atoms with Gasteiger partial charge in [-0.1, -0.05) is 30.3 Å². The van der Waals surface area contributed by atoms with Crippen LogP contribution in [-0.4, -0.2) is 24.1 Å². The number of aliphatic imine (C=N–C) groups is 1. The van der Waals surface area contributed by atoms with E-state index in [1.807, 2.05) is 41.9 Å². The molecule has 1 aliphatic heterocycles. The predicted octanol–water partition coefficient (Wildman–Crippen LogP) is 4.89. The number of esters is 1. The fourth-order valence-corrected chi connectivity index (χ4v) is 5.07. The molecule has 1 unspecified atom stereocenters. The van der Waals surface area contributed by atoms with E-state index in [1.165, 1.54) is 0 Å². The summed E-state index contributed by atoms with van der Waals surface area (Å²) in [6, 6.07) is 12.1. The van der Waals surface area contributed by atoms with Crippen molar-refractivity contribution in [3.63, 3.8) is 0 Å². The number of ether oxygens (including phenoxy) is 1. The fourth-order valence-electron chi connectivity index (χ4n) is 4.37. The topological polar surface area (TPSA) is 55.7 Å². The van der Waals surface area contributed by atoms with Crippen LogP contribution in [0.5, 0.6) is 0 Å². The number of carbonyl (C=O) groups excluding carboxylic acids is 2. The Morgan fingerprint density at radius 3 is 2.64 bits per heavy atom. The number of hydrogen-bond donors (Lipinski definition) is 0. The van der Waals surface area contributed by atoms with Crippen LogP contribution in [-0.2, 0) is 14.3 Å². The second kappa shape index (κ2) is 7.84. The van der Waals surface area contributed by atoms with Gasteiger partial charge in [-0.3, -0.25) is 14.6 Å². The van der Waals surface area contributed by atoms with Crippen molar-refractivity contribution < 1.29 is 14.3 Å². The van der Waals surface area contributed by atoms with Gasteiger partial charge in [-0.25, -0.2) is 0 Å². The van der Waals surface area contributed by atoms with Gasteiger partial charge in [0.2, 0.25) is 0 Å². The third-order valence-corrected chi connectivity index (χ3v) is 6.30. The summed E-state index contributed by atoms with van der Waals surface area (Å²) in [5, 5.41) is 4.01. The minimum Gasteiger partial charge on any atom is -0.465 e. The maximum absolute atomic E-state index is 13.3. The number of thiophene rings is 1. The lowest BCUT2D eigenvalue weighted by Crippen LogP contribution is -2.38. The molecule has 0 N–H and O–H groups in total. The van der Waals surface area contributed by atoms with Gasteiger partial charge in [0.15, 0.2) is 5.78 Å². The van der Waals surface area contributed by atoms with Gasteiger partial charge >= 0.3 is 5.97 Å². The highest BCUT2D eigenvalue weighted by atomic mass is 32.1. The summed E-state index contributed by atoms with van der Waals surface area (Å²) in [6.07, 6.45) is 1.17. The molecule has 3 atom stereocenters. The number of benzene rings is 1. The van der Waals surface area contributed by atoms with Gasteiger partial charge in [-0.15, -0.1) is 0 Å². The summed E-state index contributed by atoms with van der Waals surface area (Å²) in [6.45, 7) is 3.99. The van der Waals surface area contributed by atoms with Crippen molar-refractivity contribution in [1.29, 1.82) is 0 Å². The van der Waals surface area contributed by atoms with Gasteiger partial charge in [0.1, 0.15) is 5.92 Å². The lowest BCUT2D eigenvalue weighted by atomic mass is 9.70. The predicted molar refractivity (Wildman–Crippen MR) is 111 cm³/mol. The molecule has 2 aliphatic rings. The Labute approximate surface area is 169 Å². The Balaban J connectivity index is 1.77. The van der Waals surface area contributed by atoms with E-state index < -0.39 is 5.92 Å². The molecule has 1 aliphatic carbocycles. The summed E-state index contributed by atoms with van der Waals surface area (Å²) in [5.74, 6) is -0.917. The van der Waals surface area contributed by atoms with Crippen molar-refractivity contribution in [2.75, 3.05) is 6.61 Å². The number of allylic oxidation sites excluding steroid dienone is 2. The molecule has 0 spiro atoms. The van der Waals surface area contributed by atoms with Crippen molar-refractivity contribution >= 4 is 28.8 Å². The third kappa shape index (κ3) is 3.35. The number of hydrogen-bond acceptors (Lipinski definition) is 5. The van der Waals surface area contributed by atoms with E-state index in [0.29, 0.717) is 18.6 Å². The Bertz CT molecular complexity index is 943. The standard InChI is InChI=1S/C23H23NO3S/c1-3-27-23(26)20-14(2)24-18-11-17(15-7-5-4-6-8-15)12-19(25)22(18)21(20)16-9-10-28-13-16/h4-10,13,17,20-21H,3,11-12H2,1-2H3/t17-,20?,21-/m1/s1. The molecule has 0 saturated heterocycles. The molecule has 5 heteroatoms. The smallest absolute Gasteiger partial charge is 0.315 e. The van der Waals surface area contributed by atoms with Gasteiger partial charge in [0, 0.05) is 29.3 Å². The van der Waals surface area contributed by atoms with Crippen molar-refractivity contribution in [1.82, 2.24) is 0 Å². The summed E-state index contributed by atoms with van der Waals surface area (Å²) < 4.78 is 5.34. The molecule has 144 valence electrons. The highest BCUT2D eigenvalue weighted by Crippen LogP contribution is 2.47. The summed E-state index contributed by atoms with van der Waals surface area (Å²) in [5.41, 5.74) is 4.43. The van der Waals surface area contributed by atoms with Crippen LogP contribution in [0.2, 0.25) is 0 Å². The zero-order valence-corrected chi connectivity index (χ0v) is 16.9. The molecule has 2 heterocycles. The molecule has 4 rings (SSSR count). The van der Waals surface area contributed by atoms with E-state index in [4.69, 9.17) is 9.73 Å². The maximum atomic E-state index is 13.3. The van der Waals surface area contributed by atoms with Crippen molar-refractivity contribution in [3.8, 4) is 0 Å². The first-order chi connectivity index (χ1) is 13.6. The van der Waals surface area contributed by atoms with Crippen LogP contribution >= 0.6 is 11.3 Å². The monoisotopic (exact) mass is 393 g/mol. The molecule has 28 heavy (non-hydrogen) atoms. The normalized spacial score (nSPS) is 24.6. The lowest BCUT2D eigenvalue weighted by Gasteiger charge is -2.36. The van der Waals surface area contributed by atoms with Crippen molar-refractivity contribution in [3.05, 3.63) is 69.6 Å². The summed E-state index contributed by atoms with van der Waals surface area (Å²) >= 11 is 1.57. The first-order valence-corrected chi connectivity index (χ1v) is 10.6. The number of ketones is 1. The first-order valence-electron chi connectivity index (χ1n) is 9.65. The highest BCUT2D eigenvalue weighted by molar-refractivity contribution is 7.08. The van der Waals surface area contributed by atoms with Crippen LogP contribution in [0.4, 0.5) is 0 Å². The Morgan fingerprint density at radius 1 is 1.18 bits per heavy atom. The zero-order valence-electron chi connectivity index (χ0n) is 16.1. The molecule has 0 fully saturated rings. The minimum absolute atomic E-state index is 0.0943. The second-order valence-electron chi connectivity index (χ2n) is 7.32. The average Bonchev–Trinajstić information content (AvgIpc) is 3.22. The van der Waals surface area contributed by atoms with E-state index in [1.54, 1.807) is 18.3 Å². The van der Waals surface area contributed by atoms with Crippen LogP contribution in [0.1, 0.15) is 49.7 Å². The molecule has 1 aromatic carbocycles. The Morgan fingerprint density at radius 2 is 1.96 bits per heavy atom. The number of nitrogens with zero attached hydrogens (tertiary/aromatic N) is 1. The summed E-state index contributed by atoms with van der Waals surface area (Å²) in [7, 11) is 0. The van der Waals surface area contributed by atoms with Crippen LogP contribution in [0.15, 0.2) is 63.4 Å². The number of Topliss-reactive ketones (excluding diaryl/α,β-unsaturated/α-hetero) is 1. The highest BCUT2D eigenvalue weighted by Gasteiger charge is 2.44. The molecule has 1 aromatic heterocycles. The largest absolute Gasteiger partial charge is 0.465 e. The fraction of sp³-hybridized carbons (Fsp3) is 0.348. The van der Waals surface area contributed by atoms with Crippen LogP contribution in [0.3, 0.4) is 0 Å². The number of rotatable bonds is 4. The molecule has 2 aromatic rings. The quantitative estimate of drug-likeness (QED) is 0.695. The van der Waals surface area contributed by atoms with Gasteiger partial charge in [0.05, 0.1) is 6.61 Å². The van der Waals surface area contributed by atoms with E-state index in [2.05, 4.69) is 12.1 Å². The average molecular weight is 394 g/mol. The van der Waals surface area contributed by atoms with E-state index >= 15 is 0 Å². The van der Waals surface area contributed by atoms with E-state index in [0.717, 1.165) is 29.0 Å². The molecular formula is C23H23NO3S. The SMILES string of the molecule is CCOC(=O)C1C(C)=NC2=C(C(=O)C[C@H](c3ccccc3)C2)[C@@H]1c1ccsc1. The Kier molecular flexibility index (Phi) is 5.27.